The van der Waals surface area contributed by atoms with Crippen LogP contribution in [0.2, 0.25) is 0 Å². The maximum absolute atomic E-state index is 13.4. The highest BCUT2D eigenvalue weighted by molar-refractivity contribution is 9.10. The monoisotopic (exact) mass is 302 g/mol. The predicted molar refractivity (Wildman–Crippen MR) is 65.0 cm³/mol. The number of hydrogen-bond acceptors (Lipinski definition) is 3. The topological polar surface area (TPSA) is 66.6 Å². The summed E-state index contributed by atoms with van der Waals surface area (Å²) < 4.78 is 13.6. The van der Waals surface area contributed by atoms with Crippen LogP contribution < -0.4 is 5.73 Å². The number of aliphatic hydroxyl groups is 1. The molecule has 1 unspecified atom stereocenters. The van der Waals surface area contributed by atoms with E-state index in [9.17, 15) is 14.3 Å². The lowest BCUT2D eigenvalue weighted by Crippen LogP contribution is -2.30. The molecule has 6 heteroatoms. The van der Waals surface area contributed by atoms with Gasteiger partial charge in [0.1, 0.15) is 5.82 Å². The molecule has 0 aromatic heterocycles. The second kappa shape index (κ2) is 4.62. The van der Waals surface area contributed by atoms with Crippen LogP contribution >= 0.6 is 15.9 Å². The normalized spacial score (nSPS) is 19.7. The number of benzene rings is 1. The van der Waals surface area contributed by atoms with Crippen LogP contribution in [0.25, 0.3) is 0 Å². The summed E-state index contributed by atoms with van der Waals surface area (Å²) in [6.45, 7) is 0.743. The number of β-amino-alcohol motifs (C(OH)–C–C–N with tert-alkyl or cyclic N) is 1. The molecule has 4 nitrogen and oxygen atoms in total. The number of likely N-dealkylation sites (tertiary alicyclic amines) is 1. The lowest BCUT2D eigenvalue weighted by atomic mass is 10.1. The molecule has 17 heavy (non-hydrogen) atoms. The van der Waals surface area contributed by atoms with Crippen molar-refractivity contribution in [3.63, 3.8) is 0 Å². The summed E-state index contributed by atoms with van der Waals surface area (Å²) >= 11 is 3.00. The van der Waals surface area contributed by atoms with Gasteiger partial charge in [-0.3, -0.25) is 4.79 Å². The first-order valence-corrected chi connectivity index (χ1v) is 6.00. The Bertz CT molecular complexity index is 467. The molecule has 1 atom stereocenters. The summed E-state index contributed by atoms with van der Waals surface area (Å²) in [5.41, 5.74) is 6.05. The van der Waals surface area contributed by atoms with Crippen molar-refractivity contribution in [3.05, 3.63) is 28.0 Å². The van der Waals surface area contributed by atoms with Crippen molar-refractivity contribution in [1.29, 1.82) is 0 Å². The Morgan fingerprint density at radius 1 is 1.59 bits per heavy atom. The molecule has 0 radical (unpaired) electrons. The van der Waals surface area contributed by atoms with E-state index in [0.717, 1.165) is 6.07 Å². The first-order valence-electron chi connectivity index (χ1n) is 5.21. The van der Waals surface area contributed by atoms with Crippen LogP contribution in [0.5, 0.6) is 0 Å². The predicted octanol–water partition coefficient (Wildman–Crippen LogP) is 1.38. The SMILES string of the molecule is Nc1cc(Br)c(F)cc1C(=O)N1CCC(O)C1. The van der Waals surface area contributed by atoms with E-state index >= 15 is 0 Å². The molecule has 92 valence electrons. The van der Waals surface area contributed by atoms with Gasteiger partial charge in [0, 0.05) is 18.8 Å². The fourth-order valence-corrected chi connectivity index (χ4v) is 2.21. The fourth-order valence-electron chi connectivity index (χ4n) is 1.84. The molecule has 1 amide bonds. The van der Waals surface area contributed by atoms with Gasteiger partial charge in [0.15, 0.2) is 0 Å². The second-order valence-corrected chi connectivity index (χ2v) is 4.90. The highest BCUT2D eigenvalue weighted by Gasteiger charge is 2.27. The van der Waals surface area contributed by atoms with Gasteiger partial charge in [-0.15, -0.1) is 0 Å². The van der Waals surface area contributed by atoms with E-state index in [4.69, 9.17) is 5.73 Å². The molecular weight excluding hydrogens is 291 g/mol. The number of nitrogen functional groups attached to an aromatic ring is 1. The van der Waals surface area contributed by atoms with E-state index in [1.54, 1.807) is 0 Å². The van der Waals surface area contributed by atoms with Gasteiger partial charge in [0.25, 0.3) is 5.91 Å². The van der Waals surface area contributed by atoms with Crippen LogP contribution in [0.3, 0.4) is 0 Å². The maximum Gasteiger partial charge on any atom is 0.256 e. The number of rotatable bonds is 1. The smallest absolute Gasteiger partial charge is 0.256 e. The zero-order valence-corrected chi connectivity index (χ0v) is 10.6. The van der Waals surface area contributed by atoms with Crippen LogP contribution in [0.4, 0.5) is 10.1 Å². The molecule has 1 aromatic carbocycles. The minimum Gasteiger partial charge on any atom is -0.398 e. The van der Waals surface area contributed by atoms with E-state index in [0.29, 0.717) is 13.0 Å². The molecule has 0 aliphatic carbocycles. The molecule has 3 N–H and O–H groups in total. The van der Waals surface area contributed by atoms with Crippen molar-refractivity contribution >= 4 is 27.5 Å². The number of hydrogen-bond donors (Lipinski definition) is 2. The lowest BCUT2D eigenvalue weighted by Gasteiger charge is -2.17. The summed E-state index contributed by atoms with van der Waals surface area (Å²) in [5.74, 6) is -0.868. The highest BCUT2D eigenvalue weighted by atomic mass is 79.9. The van der Waals surface area contributed by atoms with Gasteiger partial charge in [-0.25, -0.2) is 4.39 Å². The van der Waals surface area contributed by atoms with Crippen LogP contribution in [0, 0.1) is 5.82 Å². The van der Waals surface area contributed by atoms with E-state index in [2.05, 4.69) is 15.9 Å². The van der Waals surface area contributed by atoms with Crippen molar-refractivity contribution in [2.75, 3.05) is 18.8 Å². The fraction of sp³-hybridized carbons (Fsp3) is 0.364. The molecular formula is C11H12BrFN2O2. The maximum atomic E-state index is 13.4. The van der Waals surface area contributed by atoms with Crippen LogP contribution in [-0.4, -0.2) is 35.1 Å². The number of nitrogens with zero attached hydrogens (tertiary/aromatic N) is 1. The van der Waals surface area contributed by atoms with Crippen LogP contribution in [0.15, 0.2) is 16.6 Å². The molecule has 1 aromatic rings. The van der Waals surface area contributed by atoms with Crippen LogP contribution in [0.1, 0.15) is 16.8 Å². The van der Waals surface area contributed by atoms with Crippen molar-refractivity contribution in [2.45, 2.75) is 12.5 Å². The first-order chi connectivity index (χ1) is 7.99. The number of carbonyl (C=O) groups excluding carboxylic acids is 1. The molecule has 1 aliphatic rings. The van der Waals surface area contributed by atoms with Crippen LogP contribution in [-0.2, 0) is 0 Å². The zero-order chi connectivity index (χ0) is 12.6. The Morgan fingerprint density at radius 2 is 2.29 bits per heavy atom. The molecule has 1 saturated heterocycles. The van der Waals surface area contributed by atoms with Gasteiger partial charge in [0.2, 0.25) is 0 Å². The molecule has 1 heterocycles. The van der Waals surface area contributed by atoms with Gasteiger partial charge in [-0.1, -0.05) is 0 Å². The average molecular weight is 303 g/mol. The summed E-state index contributed by atoms with van der Waals surface area (Å²) in [7, 11) is 0. The van der Waals surface area contributed by atoms with Crippen molar-refractivity contribution in [1.82, 2.24) is 4.90 Å². The van der Waals surface area contributed by atoms with Crippen molar-refractivity contribution < 1.29 is 14.3 Å². The number of amides is 1. The molecule has 0 bridgehead atoms. The average Bonchev–Trinajstić information content (AvgIpc) is 2.69. The number of aliphatic hydroxyl groups excluding tert-OH is 1. The number of anilines is 1. The molecule has 0 saturated carbocycles. The van der Waals surface area contributed by atoms with E-state index < -0.39 is 11.9 Å². The minimum absolute atomic E-state index is 0.139. The molecule has 1 fully saturated rings. The standard InChI is InChI=1S/C11H12BrFN2O2/c12-8-4-10(14)7(3-9(8)13)11(17)15-2-1-6(16)5-15/h3-4,6,16H,1-2,5,14H2. The van der Waals surface area contributed by atoms with E-state index in [1.165, 1.54) is 11.0 Å². The minimum atomic E-state index is -0.526. The Labute approximate surface area is 106 Å². The number of halogens is 2. The highest BCUT2D eigenvalue weighted by Crippen LogP contribution is 2.24. The van der Waals surface area contributed by atoms with E-state index in [-0.39, 0.29) is 28.2 Å². The van der Waals surface area contributed by atoms with Gasteiger partial charge < -0.3 is 15.7 Å². The third-order valence-electron chi connectivity index (χ3n) is 2.77. The quantitative estimate of drug-likeness (QED) is 0.770. The first kappa shape index (κ1) is 12.3. The molecule has 2 rings (SSSR count). The Kier molecular flexibility index (Phi) is 3.35. The largest absolute Gasteiger partial charge is 0.398 e. The Hall–Kier alpha value is -1.14. The third-order valence-corrected chi connectivity index (χ3v) is 3.38. The zero-order valence-electron chi connectivity index (χ0n) is 8.99. The van der Waals surface area contributed by atoms with Crippen molar-refractivity contribution in [2.24, 2.45) is 0 Å². The van der Waals surface area contributed by atoms with E-state index in [1.807, 2.05) is 0 Å². The summed E-state index contributed by atoms with van der Waals surface area (Å²) in [4.78, 5) is 13.5. The number of nitrogens with two attached hydrogens (primary N) is 1. The summed E-state index contributed by atoms with van der Waals surface area (Å²) in [6, 6.07) is 2.49. The van der Waals surface area contributed by atoms with Gasteiger partial charge in [-0.05, 0) is 34.5 Å². The second-order valence-electron chi connectivity index (χ2n) is 4.05. The summed E-state index contributed by atoms with van der Waals surface area (Å²) in [5, 5.41) is 9.36. The van der Waals surface area contributed by atoms with Gasteiger partial charge in [-0.2, -0.15) is 0 Å². The third kappa shape index (κ3) is 2.42. The lowest BCUT2D eigenvalue weighted by molar-refractivity contribution is 0.0765. The molecule has 0 spiro atoms. The van der Waals surface area contributed by atoms with Gasteiger partial charge >= 0.3 is 0 Å². The van der Waals surface area contributed by atoms with Gasteiger partial charge in [0.05, 0.1) is 16.1 Å². The Morgan fingerprint density at radius 3 is 2.88 bits per heavy atom. The van der Waals surface area contributed by atoms with Crippen molar-refractivity contribution in [3.8, 4) is 0 Å². The molecule has 1 aliphatic heterocycles. The Balaban J connectivity index is 2.28. The summed E-state index contributed by atoms with van der Waals surface area (Å²) in [6.07, 6.45) is 0.0467. The number of carbonyl (C=O) groups is 1.